The molecule has 3 unspecified atom stereocenters. The number of hydrogen-bond donors (Lipinski definition) is 1. The minimum Gasteiger partial charge on any atom is -0.486 e. The predicted octanol–water partition coefficient (Wildman–Crippen LogP) is 1.66. The number of rotatable bonds is 9. The quantitative estimate of drug-likeness (QED) is 0.679. The third-order valence-corrected chi connectivity index (χ3v) is 7.15. The van der Waals surface area contributed by atoms with Gasteiger partial charge in [-0.1, -0.05) is 13.8 Å². The number of nitrogens with zero attached hydrogens (tertiary/aromatic N) is 2. The Bertz CT molecular complexity index is 725. The third kappa shape index (κ3) is 5.34. The molecule has 0 saturated carbocycles. The predicted molar refractivity (Wildman–Crippen MR) is 105 cm³/mol. The molecule has 1 aliphatic rings. The second kappa shape index (κ2) is 9.23. The summed E-state index contributed by atoms with van der Waals surface area (Å²) < 4.78 is 38.2. The fourth-order valence-corrected chi connectivity index (χ4v) is 4.29. The van der Waals surface area contributed by atoms with Gasteiger partial charge in [0.1, 0.15) is 13.2 Å². The zero-order chi connectivity index (χ0) is 20.2. The normalized spacial score (nSPS) is 17.8. The molecule has 1 heterocycles. The Balaban J connectivity index is 2.04. The Labute approximate surface area is 162 Å². The van der Waals surface area contributed by atoms with Crippen molar-refractivity contribution in [3.63, 3.8) is 0 Å². The average Bonchev–Trinajstić information content (AvgIpc) is 2.66. The molecule has 0 aliphatic carbocycles. The van der Waals surface area contributed by atoms with Crippen LogP contribution >= 0.6 is 0 Å². The van der Waals surface area contributed by atoms with Crippen molar-refractivity contribution >= 4 is 10.0 Å². The van der Waals surface area contributed by atoms with Gasteiger partial charge in [0.15, 0.2) is 11.5 Å². The lowest BCUT2D eigenvalue weighted by molar-refractivity contribution is 0.131. The summed E-state index contributed by atoms with van der Waals surface area (Å²) in [6, 6.07) is 4.82. The van der Waals surface area contributed by atoms with Crippen LogP contribution in [0.4, 0.5) is 0 Å². The molecule has 0 fully saturated rings. The summed E-state index contributed by atoms with van der Waals surface area (Å²) in [7, 11) is -0.0278. The van der Waals surface area contributed by atoms with Crippen molar-refractivity contribution in [2.45, 2.75) is 31.7 Å². The molecule has 7 nitrogen and oxygen atoms in total. The van der Waals surface area contributed by atoms with E-state index in [-0.39, 0.29) is 29.4 Å². The van der Waals surface area contributed by atoms with Crippen LogP contribution in [-0.2, 0) is 10.0 Å². The van der Waals surface area contributed by atoms with Gasteiger partial charge in [-0.2, -0.15) is 0 Å². The highest BCUT2D eigenvalue weighted by Gasteiger charge is 2.27. The lowest BCUT2D eigenvalue weighted by atomic mass is 9.95. The number of likely N-dealkylation sites (N-methyl/N-ethyl adjacent to an activating group) is 1. The van der Waals surface area contributed by atoms with E-state index in [0.29, 0.717) is 31.3 Å². The number of aliphatic hydroxyl groups is 1. The first-order chi connectivity index (χ1) is 12.7. The molecule has 0 bridgehead atoms. The van der Waals surface area contributed by atoms with Gasteiger partial charge < -0.3 is 19.5 Å². The van der Waals surface area contributed by atoms with E-state index in [1.165, 1.54) is 10.4 Å². The fourth-order valence-electron chi connectivity index (χ4n) is 3.00. The van der Waals surface area contributed by atoms with E-state index < -0.39 is 10.0 Å². The summed E-state index contributed by atoms with van der Waals surface area (Å²) in [5, 5.41) is 9.27. The number of sulfonamides is 1. The molecule has 0 amide bonds. The van der Waals surface area contributed by atoms with Gasteiger partial charge in [0.2, 0.25) is 10.0 Å². The van der Waals surface area contributed by atoms with Gasteiger partial charge in [-0.25, -0.2) is 12.7 Å². The highest BCUT2D eigenvalue weighted by Crippen LogP contribution is 2.33. The summed E-state index contributed by atoms with van der Waals surface area (Å²) in [6.45, 7) is 8.33. The van der Waals surface area contributed by atoms with Crippen LogP contribution < -0.4 is 9.47 Å². The fraction of sp³-hybridized carbons (Fsp3) is 0.684. The van der Waals surface area contributed by atoms with Crippen LogP contribution in [0, 0.1) is 11.8 Å². The Morgan fingerprint density at radius 1 is 1.04 bits per heavy atom. The first-order valence-electron chi connectivity index (χ1n) is 9.34. The minimum absolute atomic E-state index is 0.0822. The van der Waals surface area contributed by atoms with E-state index in [2.05, 4.69) is 18.7 Å². The number of fused-ring (bicyclic) bond motifs is 1. The van der Waals surface area contributed by atoms with E-state index in [1.54, 1.807) is 19.2 Å². The second-order valence-electron chi connectivity index (χ2n) is 7.52. The van der Waals surface area contributed by atoms with Crippen LogP contribution in [-0.4, -0.2) is 75.8 Å². The third-order valence-electron chi connectivity index (χ3n) is 5.33. The zero-order valence-corrected chi connectivity index (χ0v) is 17.7. The zero-order valence-electron chi connectivity index (χ0n) is 16.9. The highest BCUT2D eigenvalue weighted by atomic mass is 32.2. The van der Waals surface area contributed by atoms with Crippen LogP contribution in [0.25, 0.3) is 0 Å². The summed E-state index contributed by atoms with van der Waals surface area (Å²) in [4.78, 5) is 2.30. The Kier molecular flexibility index (Phi) is 7.50. The Morgan fingerprint density at radius 3 is 2.26 bits per heavy atom. The van der Waals surface area contributed by atoms with Crippen LogP contribution in [0.2, 0.25) is 0 Å². The van der Waals surface area contributed by atoms with Crippen molar-refractivity contribution in [2.75, 3.05) is 47.0 Å². The number of hydrogen-bond acceptors (Lipinski definition) is 6. The maximum absolute atomic E-state index is 12.9. The van der Waals surface area contributed by atoms with E-state index in [0.717, 1.165) is 6.54 Å². The Morgan fingerprint density at radius 2 is 1.63 bits per heavy atom. The standard InChI is InChI=1S/C19H32N2O5S/c1-14(11-20(4)16(3)13-22)15(2)12-21(5)27(23,24)17-6-7-18-19(10-17)26-9-8-25-18/h6-7,10,14-16,22H,8-9,11-13H2,1-5H3. The molecule has 27 heavy (non-hydrogen) atoms. The summed E-state index contributed by atoms with van der Waals surface area (Å²) in [5.74, 6) is 1.49. The minimum atomic E-state index is -3.61. The molecule has 1 aromatic carbocycles. The van der Waals surface area contributed by atoms with Crippen molar-refractivity contribution < 1.29 is 23.0 Å². The monoisotopic (exact) mass is 400 g/mol. The first-order valence-corrected chi connectivity index (χ1v) is 10.8. The largest absolute Gasteiger partial charge is 0.486 e. The van der Waals surface area contributed by atoms with Gasteiger partial charge in [0.25, 0.3) is 0 Å². The molecule has 3 atom stereocenters. The molecule has 0 spiro atoms. The number of aliphatic hydroxyl groups excluding tert-OH is 1. The molecule has 8 heteroatoms. The van der Waals surface area contributed by atoms with Crippen molar-refractivity contribution in [1.82, 2.24) is 9.21 Å². The van der Waals surface area contributed by atoms with E-state index in [9.17, 15) is 13.5 Å². The van der Waals surface area contributed by atoms with Crippen LogP contribution in [0.15, 0.2) is 23.1 Å². The molecule has 1 aliphatic heterocycles. The molecular weight excluding hydrogens is 368 g/mol. The lowest BCUT2D eigenvalue weighted by Gasteiger charge is -2.31. The van der Waals surface area contributed by atoms with Gasteiger partial charge in [-0.15, -0.1) is 0 Å². The Hall–Kier alpha value is -1.35. The van der Waals surface area contributed by atoms with Crippen molar-refractivity contribution in [3.8, 4) is 11.5 Å². The molecule has 2 rings (SSSR count). The lowest BCUT2D eigenvalue weighted by Crippen LogP contribution is -2.39. The molecule has 0 saturated heterocycles. The molecular formula is C19H32N2O5S. The molecule has 0 aromatic heterocycles. The van der Waals surface area contributed by atoms with Gasteiger partial charge in [-0.05, 0) is 37.9 Å². The van der Waals surface area contributed by atoms with Gasteiger partial charge in [0.05, 0.1) is 11.5 Å². The van der Waals surface area contributed by atoms with E-state index >= 15 is 0 Å². The smallest absolute Gasteiger partial charge is 0.242 e. The molecule has 1 N–H and O–H groups in total. The number of ether oxygens (including phenoxy) is 2. The second-order valence-corrected chi connectivity index (χ2v) is 9.56. The van der Waals surface area contributed by atoms with Crippen molar-refractivity contribution in [3.05, 3.63) is 18.2 Å². The van der Waals surface area contributed by atoms with Crippen LogP contribution in [0.3, 0.4) is 0 Å². The molecule has 1 aromatic rings. The number of benzene rings is 1. The van der Waals surface area contributed by atoms with Crippen LogP contribution in [0.5, 0.6) is 11.5 Å². The summed E-state index contributed by atoms with van der Waals surface area (Å²) in [6.07, 6.45) is 0. The topological polar surface area (TPSA) is 79.3 Å². The average molecular weight is 401 g/mol. The molecule has 0 radical (unpaired) electrons. The highest BCUT2D eigenvalue weighted by molar-refractivity contribution is 7.89. The maximum atomic E-state index is 12.9. The van der Waals surface area contributed by atoms with E-state index in [4.69, 9.17) is 9.47 Å². The molecule has 154 valence electrons. The van der Waals surface area contributed by atoms with Gasteiger partial charge in [0, 0.05) is 32.2 Å². The first kappa shape index (κ1) is 21.9. The van der Waals surface area contributed by atoms with Crippen LogP contribution in [0.1, 0.15) is 20.8 Å². The SMILES string of the molecule is CC(CN(C)C(C)CO)C(C)CN(C)S(=O)(=O)c1ccc2c(c1)OCCO2. The van der Waals surface area contributed by atoms with Gasteiger partial charge >= 0.3 is 0 Å². The van der Waals surface area contributed by atoms with Crippen molar-refractivity contribution in [1.29, 1.82) is 0 Å². The van der Waals surface area contributed by atoms with Crippen molar-refractivity contribution in [2.24, 2.45) is 11.8 Å². The van der Waals surface area contributed by atoms with E-state index in [1.807, 2.05) is 14.0 Å². The summed E-state index contributed by atoms with van der Waals surface area (Å²) >= 11 is 0. The maximum Gasteiger partial charge on any atom is 0.242 e. The van der Waals surface area contributed by atoms with Gasteiger partial charge in [-0.3, -0.25) is 0 Å². The summed E-state index contributed by atoms with van der Waals surface area (Å²) in [5.41, 5.74) is 0.